The summed E-state index contributed by atoms with van der Waals surface area (Å²) in [6, 6.07) is 0. The van der Waals surface area contributed by atoms with Crippen molar-refractivity contribution in [2.75, 3.05) is 13.2 Å². The van der Waals surface area contributed by atoms with E-state index in [0.717, 1.165) is 0 Å². The molecule has 108 valence electrons. The van der Waals surface area contributed by atoms with E-state index in [1.54, 1.807) is 20.8 Å². The average Bonchev–Trinajstić information content (AvgIpc) is 2.88. The minimum atomic E-state index is -0.934. The first-order valence-electron chi connectivity index (χ1n) is 6.48. The van der Waals surface area contributed by atoms with Crippen LogP contribution in [0.3, 0.4) is 0 Å². The van der Waals surface area contributed by atoms with Crippen molar-refractivity contribution in [1.29, 1.82) is 0 Å². The Morgan fingerprint density at radius 1 is 1.26 bits per heavy atom. The highest BCUT2D eigenvalue weighted by atomic mass is 16.5. The van der Waals surface area contributed by atoms with Crippen LogP contribution in [0.1, 0.15) is 33.6 Å². The number of nitrogens with one attached hydrogen (secondary N) is 1. The lowest BCUT2D eigenvalue weighted by molar-refractivity contribution is -0.143. The largest absolute Gasteiger partial charge is 0.481 e. The first-order chi connectivity index (χ1) is 8.82. The van der Waals surface area contributed by atoms with Gasteiger partial charge < -0.3 is 15.2 Å². The summed E-state index contributed by atoms with van der Waals surface area (Å²) >= 11 is 0. The van der Waals surface area contributed by atoms with Crippen LogP contribution in [-0.4, -0.2) is 36.1 Å². The highest BCUT2D eigenvalue weighted by Crippen LogP contribution is 2.58. The first kappa shape index (κ1) is 15.5. The maximum Gasteiger partial charge on any atom is 0.307 e. The van der Waals surface area contributed by atoms with Gasteiger partial charge >= 0.3 is 11.9 Å². The molecule has 2 N–H and O–H groups in total. The lowest BCUT2D eigenvalue weighted by atomic mass is 10.1. The van der Waals surface area contributed by atoms with Gasteiger partial charge in [-0.1, -0.05) is 13.8 Å². The topological polar surface area (TPSA) is 92.7 Å². The molecule has 0 unspecified atom stereocenters. The second kappa shape index (κ2) is 6.04. The Morgan fingerprint density at radius 2 is 1.89 bits per heavy atom. The normalized spacial score (nSPS) is 23.5. The van der Waals surface area contributed by atoms with Crippen molar-refractivity contribution in [3.8, 4) is 0 Å². The molecule has 0 aromatic rings. The van der Waals surface area contributed by atoms with Crippen LogP contribution in [0, 0.1) is 17.3 Å². The minimum Gasteiger partial charge on any atom is -0.481 e. The first-order valence-corrected chi connectivity index (χ1v) is 6.48. The van der Waals surface area contributed by atoms with Crippen molar-refractivity contribution in [2.45, 2.75) is 33.6 Å². The van der Waals surface area contributed by atoms with Gasteiger partial charge in [-0.3, -0.25) is 14.4 Å². The molecule has 0 heterocycles. The van der Waals surface area contributed by atoms with E-state index in [2.05, 4.69) is 5.32 Å². The molecule has 1 amide bonds. The number of ether oxygens (including phenoxy) is 1. The molecule has 1 rings (SSSR count). The van der Waals surface area contributed by atoms with E-state index in [1.165, 1.54) is 0 Å². The Balaban J connectivity index is 2.26. The van der Waals surface area contributed by atoms with Gasteiger partial charge in [0.15, 0.2) is 0 Å². The molecule has 0 radical (unpaired) electrons. The number of amides is 1. The Bertz CT molecular complexity index is 377. The van der Waals surface area contributed by atoms with E-state index >= 15 is 0 Å². The number of aliphatic carboxylic acids is 1. The standard InChI is InChI=1S/C13H21NO5/c1-4-19-8(15)6-5-7-14-11(16)9-10(12(17)18)13(9,2)3/h9-10H,4-7H2,1-3H3,(H,14,16)(H,17,18)/t9-,10+/m1/s1. The van der Waals surface area contributed by atoms with Crippen LogP contribution >= 0.6 is 0 Å². The number of rotatable bonds is 7. The number of esters is 1. The van der Waals surface area contributed by atoms with E-state index in [1.807, 2.05) is 0 Å². The maximum absolute atomic E-state index is 11.8. The zero-order chi connectivity index (χ0) is 14.6. The monoisotopic (exact) mass is 271 g/mol. The van der Waals surface area contributed by atoms with Gasteiger partial charge in [-0.25, -0.2) is 0 Å². The van der Waals surface area contributed by atoms with Crippen molar-refractivity contribution in [2.24, 2.45) is 17.3 Å². The molecule has 0 bridgehead atoms. The molecular formula is C13H21NO5. The Morgan fingerprint density at radius 3 is 2.37 bits per heavy atom. The molecule has 0 aromatic carbocycles. The van der Waals surface area contributed by atoms with Crippen LogP contribution < -0.4 is 5.32 Å². The van der Waals surface area contributed by atoms with E-state index < -0.39 is 23.2 Å². The third-order valence-electron chi connectivity index (χ3n) is 3.54. The van der Waals surface area contributed by atoms with Crippen molar-refractivity contribution < 1.29 is 24.2 Å². The number of carbonyl (C=O) groups is 3. The van der Waals surface area contributed by atoms with Crippen molar-refractivity contribution in [3.05, 3.63) is 0 Å². The molecular weight excluding hydrogens is 250 g/mol. The zero-order valence-corrected chi connectivity index (χ0v) is 11.6. The van der Waals surface area contributed by atoms with Crippen LogP contribution in [0.25, 0.3) is 0 Å². The van der Waals surface area contributed by atoms with E-state index in [-0.39, 0.29) is 18.3 Å². The fourth-order valence-corrected chi connectivity index (χ4v) is 2.38. The summed E-state index contributed by atoms with van der Waals surface area (Å²) in [5.41, 5.74) is -0.489. The zero-order valence-electron chi connectivity index (χ0n) is 11.6. The molecule has 0 spiro atoms. The fraction of sp³-hybridized carbons (Fsp3) is 0.769. The number of hydrogen-bond donors (Lipinski definition) is 2. The summed E-state index contributed by atoms with van der Waals surface area (Å²) in [4.78, 5) is 33.8. The lowest BCUT2D eigenvalue weighted by Gasteiger charge is -2.06. The highest BCUT2D eigenvalue weighted by Gasteiger charge is 2.65. The van der Waals surface area contributed by atoms with Crippen LogP contribution in [0.15, 0.2) is 0 Å². The van der Waals surface area contributed by atoms with Gasteiger partial charge in [-0.2, -0.15) is 0 Å². The van der Waals surface area contributed by atoms with E-state index in [0.29, 0.717) is 19.6 Å². The van der Waals surface area contributed by atoms with E-state index in [4.69, 9.17) is 9.84 Å². The third kappa shape index (κ3) is 3.68. The summed E-state index contributed by atoms with van der Waals surface area (Å²) in [6.45, 7) is 5.99. The predicted octanol–water partition coefficient (Wildman–Crippen LogP) is 0.803. The molecule has 1 aliphatic rings. The van der Waals surface area contributed by atoms with Gasteiger partial charge in [0, 0.05) is 13.0 Å². The molecule has 0 aromatic heterocycles. The highest BCUT2D eigenvalue weighted by molar-refractivity contribution is 5.91. The Labute approximate surface area is 112 Å². The van der Waals surface area contributed by atoms with Crippen LogP contribution in [0.4, 0.5) is 0 Å². The molecule has 6 nitrogen and oxygen atoms in total. The van der Waals surface area contributed by atoms with Gasteiger partial charge in [0.2, 0.25) is 5.91 Å². The summed E-state index contributed by atoms with van der Waals surface area (Å²) in [6.07, 6.45) is 0.750. The minimum absolute atomic E-state index is 0.249. The number of carboxylic acids is 1. The van der Waals surface area contributed by atoms with Crippen molar-refractivity contribution in [3.63, 3.8) is 0 Å². The van der Waals surface area contributed by atoms with Crippen LogP contribution in [0.5, 0.6) is 0 Å². The fourth-order valence-electron chi connectivity index (χ4n) is 2.38. The number of carbonyl (C=O) groups excluding carboxylic acids is 2. The average molecular weight is 271 g/mol. The van der Waals surface area contributed by atoms with Gasteiger partial charge in [-0.05, 0) is 18.8 Å². The predicted molar refractivity (Wildman–Crippen MR) is 67.3 cm³/mol. The quantitative estimate of drug-likeness (QED) is 0.528. The summed E-state index contributed by atoms with van der Waals surface area (Å²) < 4.78 is 4.76. The van der Waals surface area contributed by atoms with Gasteiger partial charge in [-0.15, -0.1) is 0 Å². The van der Waals surface area contributed by atoms with Crippen LogP contribution in [-0.2, 0) is 19.1 Å². The van der Waals surface area contributed by atoms with E-state index in [9.17, 15) is 14.4 Å². The summed E-state index contributed by atoms with van der Waals surface area (Å²) in [5, 5.41) is 11.6. The molecule has 0 aliphatic heterocycles. The third-order valence-corrected chi connectivity index (χ3v) is 3.54. The van der Waals surface area contributed by atoms with Gasteiger partial charge in [0.25, 0.3) is 0 Å². The second-order valence-corrected chi connectivity index (χ2v) is 5.31. The molecule has 2 atom stereocenters. The van der Waals surface area contributed by atoms with Crippen LogP contribution in [0.2, 0.25) is 0 Å². The smallest absolute Gasteiger partial charge is 0.307 e. The van der Waals surface area contributed by atoms with Crippen molar-refractivity contribution in [1.82, 2.24) is 5.32 Å². The number of hydrogen-bond acceptors (Lipinski definition) is 4. The lowest BCUT2D eigenvalue weighted by Crippen LogP contribution is -2.28. The maximum atomic E-state index is 11.8. The summed E-state index contributed by atoms with van der Waals surface area (Å²) in [5.74, 6) is -2.56. The molecule has 0 saturated heterocycles. The van der Waals surface area contributed by atoms with Gasteiger partial charge in [0.1, 0.15) is 0 Å². The summed E-state index contributed by atoms with van der Waals surface area (Å²) in [7, 11) is 0. The molecule has 1 saturated carbocycles. The Hall–Kier alpha value is -1.59. The molecule has 19 heavy (non-hydrogen) atoms. The Kier molecular flexibility index (Phi) is 4.91. The van der Waals surface area contributed by atoms with Gasteiger partial charge in [0.05, 0.1) is 18.4 Å². The number of carboxylic acid groups (broad SMARTS) is 1. The molecule has 1 fully saturated rings. The molecule has 1 aliphatic carbocycles. The SMILES string of the molecule is CCOC(=O)CCCNC(=O)[C@H]1[C@@H](C(=O)O)C1(C)C. The second-order valence-electron chi connectivity index (χ2n) is 5.31. The van der Waals surface area contributed by atoms with Crippen molar-refractivity contribution >= 4 is 17.8 Å². The molecule has 6 heteroatoms.